The maximum Gasteiger partial charge on any atom is 0.459 e. The summed E-state index contributed by atoms with van der Waals surface area (Å²) in [7, 11) is 0. The van der Waals surface area contributed by atoms with Crippen LogP contribution in [0.4, 0.5) is 61.5 Å². The van der Waals surface area contributed by atoms with Crippen molar-refractivity contribution in [1.29, 1.82) is 0 Å². The third-order valence-corrected chi connectivity index (χ3v) is 2.61. The molecule has 132 valence electrons. The molecule has 1 rings (SSSR count). The van der Waals surface area contributed by atoms with Gasteiger partial charge in [-0.15, -0.1) is 0 Å². The van der Waals surface area contributed by atoms with Gasteiger partial charge in [-0.25, -0.2) is 0 Å². The van der Waals surface area contributed by atoms with Crippen LogP contribution in [0.5, 0.6) is 0 Å². The summed E-state index contributed by atoms with van der Waals surface area (Å²) >= 11 is 0. The van der Waals surface area contributed by atoms with Crippen LogP contribution in [0.2, 0.25) is 0 Å². The number of ether oxygens (including phenoxy) is 1. The van der Waals surface area contributed by atoms with Gasteiger partial charge in [-0.2, -0.15) is 61.5 Å². The normalized spacial score (nSPS) is 35.7. The molecule has 0 amide bonds. The lowest BCUT2D eigenvalue weighted by atomic mass is 9.97. The van der Waals surface area contributed by atoms with Gasteiger partial charge in [-0.3, -0.25) is 4.74 Å². The summed E-state index contributed by atoms with van der Waals surface area (Å²) < 4.78 is 176. The van der Waals surface area contributed by atoms with Crippen molar-refractivity contribution in [3.63, 3.8) is 0 Å². The van der Waals surface area contributed by atoms with Gasteiger partial charge in [0.15, 0.2) is 0 Å². The first-order chi connectivity index (χ1) is 9.21. The minimum atomic E-state index is -7.59. The number of hydrogen-bond acceptors (Lipinski definition) is 1. The fourth-order valence-corrected chi connectivity index (χ4v) is 1.41. The Morgan fingerprint density at radius 3 is 1.09 bits per heavy atom. The molecule has 0 aromatic heterocycles. The lowest BCUT2D eigenvalue weighted by Gasteiger charge is -2.33. The Hall–Kier alpha value is -1.02. The molecular formula is C7F14O. The Kier molecular flexibility index (Phi) is 3.53. The molecule has 0 aromatic carbocycles. The van der Waals surface area contributed by atoms with Crippen LogP contribution < -0.4 is 0 Å². The SMILES string of the molecule is FC(F)(F)C(F)(F)C1(F)OC(F)(C(F)(F)F)C(F)(F)C1(F)F. The molecule has 15 heteroatoms. The van der Waals surface area contributed by atoms with E-state index in [0.717, 1.165) is 0 Å². The average Bonchev–Trinajstić information content (AvgIpc) is 2.34. The minimum Gasteiger partial charge on any atom is -0.286 e. The van der Waals surface area contributed by atoms with Crippen LogP contribution >= 0.6 is 0 Å². The number of alkyl halides is 14. The number of rotatable bonds is 1. The molecule has 1 saturated heterocycles. The highest BCUT2D eigenvalue weighted by Gasteiger charge is 3.01. The fourth-order valence-electron chi connectivity index (χ4n) is 1.41. The predicted molar refractivity (Wildman–Crippen MR) is 35.7 cm³/mol. The minimum absolute atomic E-state index is 1.69. The third-order valence-electron chi connectivity index (χ3n) is 2.61. The summed E-state index contributed by atoms with van der Waals surface area (Å²) in [6.45, 7) is 0. The average molecular weight is 366 g/mol. The second kappa shape index (κ2) is 4.08. The first-order valence-electron chi connectivity index (χ1n) is 4.55. The molecule has 1 fully saturated rings. The van der Waals surface area contributed by atoms with Gasteiger partial charge >= 0.3 is 41.8 Å². The predicted octanol–water partition coefficient (Wildman–Crippen LogP) is 4.38. The lowest BCUT2D eigenvalue weighted by molar-refractivity contribution is -0.442. The van der Waals surface area contributed by atoms with Crippen molar-refractivity contribution in [2.24, 2.45) is 0 Å². The Morgan fingerprint density at radius 1 is 0.545 bits per heavy atom. The van der Waals surface area contributed by atoms with E-state index in [0.29, 0.717) is 0 Å². The third kappa shape index (κ3) is 1.76. The Bertz CT molecular complexity index is 461. The van der Waals surface area contributed by atoms with E-state index in [1.807, 2.05) is 0 Å². The Morgan fingerprint density at radius 2 is 0.864 bits per heavy atom. The van der Waals surface area contributed by atoms with E-state index in [2.05, 4.69) is 0 Å². The molecule has 0 bridgehead atoms. The summed E-state index contributed by atoms with van der Waals surface area (Å²) in [5, 5.41) is 0. The molecular weight excluding hydrogens is 366 g/mol. The number of hydrogen-bond donors (Lipinski definition) is 0. The van der Waals surface area contributed by atoms with E-state index in [1.54, 1.807) is 4.74 Å². The van der Waals surface area contributed by atoms with Gasteiger partial charge in [0, 0.05) is 0 Å². The van der Waals surface area contributed by atoms with E-state index in [9.17, 15) is 61.5 Å². The largest absolute Gasteiger partial charge is 0.459 e. The van der Waals surface area contributed by atoms with Crippen molar-refractivity contribution in [2.75, 3.05) is 0 Å². The first kappa shape index (κ1) is 19.0. The van der Waals surface area contributed by atoms with Crippen molar-refractivity contribution in [3.8, 4) is 0 Å². The second-order valence-corrected chi connectivity index (χ2v) is 4.01. The fraction of sp³-hybridized carbons (Fsp3) is 1.00. The quantitative estimate of drug-likeness (QED) is 0.626. The van der Waals surface area contributed by atoms with Gasteiger partial charge in [0.25, 0.3) is 0 Å². The monoisotopic (exact) mass is 366 g/mol. The zero-order chi connectivity index (χ0) is 18.2. The summed E-state index contributed by atoms with van der Waals surface area (Å²) in [5.74, 6) is -37.0. The van der Waals surface area contributed by atoms with Crippen LogP contribution in [0.25, 0.3) is 0 Å². The van der Waals surface area contributed by atoms with E-state index in [4.69, 9.17) is 0 Å². The van der Waals surface area contributed by atoms with Gasteiger partial charge < -0.3 is 0 Å². The molecule has 0 aromatic rings. The van der Waals surface area contributed by atoms with Crippen LogP contribution in [0.15, 0.2) is 0 Å². The summed E-state index contributed by atoms with van der Waals surface area (Å²) in [4.78, 5) is 0. The van der Waals surface area contributed by atoms with Crippen LogP contribution in [-0.2, 0) is 4.74 Å². The smallest absolute Gasteiger partial charge is 0.286 e. The maximum atomic E-state index is 13.2. The zero-order valence-corrected chi connectivity index (χ0v) is 9.20. The molecule has 2 atom stereocenters. The van der Waals surface area contributed by atoms with Gasteiger partial charge in [0.1, 0.15) is 0 Å². The maximum absolute atomic E-state index is 13.2. The Balaban J connectivity index is 3.69. The van der Waals surface area contributed by atoms with Gasteiger partial charge in [0.05, 0.1) is 0 Å². The molecule has 1 aliphatic heterocycles. The van der Waals surface area contributed by atoms with Crippen molar-refractivity contribution in [2.45, 2.75) is 41.8 Å². The molecule has 1 aliphatic rings. The van der Waals surface area contributed by atoms with Gasteiger partial charge in [0.2, 0.25) is 0 Å². The highest BCUT2D eigenvalue weighted by Crippen LogP contribution is 2.69. The molecule has 22 heavy (non-hydrogen) atoms. The van der Waals surface area contributed by atoms with Crippen molar-refractivity contribution >= 4 is 0 Å². The molecule has 1 nitrogen and oxygen atoms in total. The second-order valence-electron chi connectivity index (χ2n) is 4.01. The van der Waals surface area contributed by atoms with Gasteiger partial charge in [-0.05, 0) is 0 Å². The summed E-state index contributed by atoms with van der Waals surface area (Å²) in [6.07, 6.45) is -14.6. The highest BCUT2D eigenvalue weighted by molar-refractivity contribution is 5.19. The molecule has 2 unspecified atom stereocenters. The Labute approximate surface area is 109 Å². The van der Waals surface area contributed by atoms with Gasteiger partial charge in [-0.1, -0.05) is 0 Å². The molecule has 0 N–H and O–H groups in total. The molecule has 0 aliphatic carbocycles. The lowest BCUT2D eigenvalue weighted by Crippen LogP contribution is -2.65. The van der Waals surface area contributed by atoms with Crippen molar-refractivity contribution in [1.82, 2.24) is 0 Å². The molecule has 0 radical (unpaired) electrons. The van der Waals surface area contributed by atoms with Crippen LogP contribution in [-0.4, -0.2) is 41.8 Å². The van der Waals surface area contributed by atoms with Crippen molar-refractivity contribution in [3.05, 3.63) is 0 Å². The standard InChI is InChI=1S/C7F14O/c8-1(9)2(10,11)5(15,7(19,20)21)22-4(1,14)3(12,13)6(16,17)18. The van der Waals surface area contributed by atoms with Crippen LogP contribution in [0.1, 0.15) is 0 Å². The molecule has 1 heterocycles. The van der Waals surface area contributed by atoms with E-state index in [1.165, 1.54) is 0 Å². The van der Waals surface area contributed by atoms with E-state index >= 15 is 0 Å². The topological polar surface area (TPSA) is 9.23 Å². The summed E-state index contributed by atoms with van der Waals surface area (Å²) in [5.41, 5.74) is 0. The van der Waals surface area contributed by atoms with E-state index in [-0.39, 0.29) is 0 Å². The zero-order valence-electron chi connectivity index (χ0n) is 9.20. The van der Waals surface area contributed by atoms with Crippen LogP contribution in [0, 0.1) is 0 Å². The van der Waals surface area contributed by atoms with E-state index < -0.39 is 41.8 Å². The summed E-state index contributed by atoms with van der Waals surface area (Å²) in [6, 6.07) is 0. The first-order valence-corrected chi connectivity index (χ1v) is 4.55. The molecule has 0 saturated carbocycles. The highest BCUT2D eigenvalue weighted by atomic mass is 19.4. The molecule has 0 spiro atoms. The van der Waals surface area contributed by atoms with Crippen LogP contribution in [0.3, 0.4) is 0 Å². The van der Waals surface area contributed by atoms with Crippen molar-refractivity contribution < 1.29 is 66.2 Å². The number of halogens is 14.